The van der Waals surface area contributed by atoms with Crippen molar-refractivity contribution >= 4 is 17.5 Å². The van der Waals surface area contributed by atoms with Crippen molar-refractivity contribution in [2.75, 3.05) is 24.3 Å². The van der Waals surface area contributed by atoms with Gasteiger partial charge in [0.2, 0.25) is 5.95 Å². The van der Waals surface area contributed by atoms with E-state index in [1.54, 1.807) is 19.3 Å². The smallest absolute Gasteiger partial charge is 0.274 e. The summed E-state index contributed by atoms with van der Waals surface area (Å²) in [5.41, 5.74) is 2.61. The Kier molecular flexibility index (Phi) is 5.30. The van der Waals surface area contributed by atoms with Gasteiger partial charge in [-0.1, -0.05) is 12.1 Å². The molecule has 0 aliphatic heterocycles. The predicted octanol–water partition coefficient (Wildman–Crippen LogP) is 2.95. The molecular formula is C17H20N4O2. The fraction of sp³-hybridized carbons (Fsp3) is 0.235. The number of rotatable bonds is 6. The molecule has 1 heterocycles. The van der Waals surface area contributed by atoms with Crippen LogP contribution in [-0.4, -0.2) is 29.5 Å². The molecule has 6 nitrogen and oxygen atoms in total. The first-order valence-corrected chi connectivity index (χ1v) is 7.20. The maximum Gasteiger partial charge on any atom is 0.274 e. The van der Waals surface area contributed by atoms with Gasteiger partial charge < -0.3 is 15.4 Å². The van der Waals surface area contributed by atoms with E-state index in [1.165, 1.54) is 0 Å². The number of aromatic nitrogens is 2. The minimum Gasteiger partial charge on any atom is -0.495 e. The number of aryl methyl sites for hydroxylation is 2. The van der Waals surface area contributed by atoms with Crippen LogP contribution < -0.4 is 15.4 Å². The molecule has 120 valence electrons. The summed E-state index contributed by atoms with van der Waals surface area (Å²) in [6.07, 6.45) is 1.70. The number of amides is 1. The van der Waals surface area contributed by atoms with Gasteiger partial charge in [0.1, 0.15) is 11.4 Å². The minimum atomic E-state index is -0.318. The number of benzene rings is 1. The number of methoxy groups -OCH3 is 1. The van der Waals surface area contributed by atoms with Crippen LogP contribution in [0.2, 0.25) is 0 Å². The number of anilines is 2. The van der Waals surface area contributed by atoms with E-state index in [2.05, 4.69) is 27.2 Å². The molecule has 1 aromatic carbocycles. The Hall–Kier alpha value is -2.89. The second-order valence-electron chi connectivity index (χ2n) is 5.05. The second-order valence-corrected chi connectivity index (χ2v) is 5.05. The van der Waals surface area contributed by atoms with Gasteiger partial charge in [-0.05, 0) is 37.6 Å². The summed E-state index contributed by atoms with van der Waals surface area (Å²) in [4.78, 5) is 20.9. The van der Waals surface area contributed by atoms with E-state index in [1.807, 2.05) is 32.0 Å². The molecule has 0 saturated heterocycles. The fourth-order valence-electron chi connectivity index (χ4n) is 2.03. The lowest BCUT2D eigenvalue weighted by atomic mass is 10.2. The van der Waals surface area contributed by atoms with Crippen LogP contribution in [-0.2, 0) is 0 Å². The third-order valence-electron chi connectivity index (χ3n) is 3.09. The predicted molar refractivity (Wildman–Crippen MR) is 91.1 cm³/mol. The van der Waals surface area contributed by atoms with Crippen LogP contribution in [0.4, 0.5) is 11.6 Å². The molecule has 0 atom stereocenters. The molecule has 6 heteroatoms. The van der Waals surface area contributed by atoms with Gasteiger partial charge in [0.15, 0.2) is 0 Å². The van der Waals surface area contributed by atoms with Crippen molar-refractivity contribution in [3.63, 3.8) is 0 Å². The molecule has 0 saturated carbocycles. The average Bonchev–Trinajstić information content (AvgIpc) is 2.52. The third kappa shape index (κ3) is 4.29. The maximum atomic E-state index is 12.5. The van der Waals surface area contributed by atoms with E-state index < -0.39 is 0 Å². The summed E-state index contributed by atoms with van der Waals surface area (Å²) in [5, 5.41) is 5.81. The highest BCUT2D eigenvalue weighted by molar-refractivity contribution is 6.04. The van der Waals surface area contributed by atoms with E-state index in [-0.39, 0.29) is 11.6 Å². The summed E-state index contributed by atoms with van der Waals surface area (Å²) >= 11 is 0. The van der Waals surface area contributed by atoms with Crippen LogP contribution in [0.3, 0.4) is 0 Å². The quantitative estimate of drug-likeness (QED) is 0.802. The van der Waals surface area contributed by atoms with Gasteiger partial charge in [-0.2, -0.15) is 0 Å². The van der Waals surface area contributed by atoms with Crippen molar-refractivity contribution in [2.24, 2.45) is 0 Å². The van der Waals surface area contributed by atoms with Gasteiger partial charge in [0, 0.05) is 12.2 Å². The molecule has 2 aromatic rings. The van der Waals surface area contributed by atoms with E-state index in [9.17, 15) is 4.79 Å². The van der Waals surface area contributed by atoms with Crippen molar-refractivity contribution in [1.29, 1.82) is 0 Å². The highest BCUT2D eigenvalue weighted by Gasteiger charge is 2.13. The Bertz CT molecular complexity index is 729. The molecule has 0 unspecified atom stereocenters. The molecule has 23 heavy (non-hydrogen) atoms. The SMILES string of the molecule is C=CCNc1nc(C)cc(C(=O)Nc2cc(C)ccc2OC)n1. The van der Waals surface area contributed by atoms with Crippen LogP contribution in [0.1, 0.15) is 21.7 Å². The van der Waals surface area contributed by atoms with Crippen molar-refractivity contribution < 1.29 is 9.53 Å². The Morgan fingerprint density at radius 2 is 2.09 bits per heavy atom. The Labute approximate surface area is 135 Å². The molecular weight excluding hydrogens is 292 g/mol. The van der Waals surface area contributed by atoms with Gasteiger partial charge >= 0.3 is 0 Å². The van der Waals surface area contributed by atoms with E-state index in [0.717, 1.165) is 5.56 Å². The summed E-state index contributed by atoms with van der Waals surface area (Å²) in [7, 11) is 1.56. The normalized spacial score (nSPS) is 10.0. The third-order valence-corrected chi connectivity index (χ3v) is 3.09. The molecule has 2 rings (SSSR count). The van der Waals surface area contributed by atoms with Crippen LogP contribution >= 0.6 is 0 Å². The molecule has 2 N–H and O–H groups in total. The molecule has 1 aromatic heterocycles. The zero-order chi connectivity index (χ0) is 16.8. The summed E-state index contributed by atoms with van der Waals surface area (Å²) in [5.74, 6) is 0.673. The van der Waals surface area contributed by atoms with Gasteiger partial charge in [-0.25, -0.2) is 9.97 Å². The zero-order valence-corrected chi connectivity index (χ0v) is 13.5. The van der Waals surface area contributed by atoms with Crippen molar-refractivity contribution in [3.8, 4) is 5.75 Å². The lowest BCUT2D eigenvalue weighted by molar-refractivity contribution is 0.102. The van der Waals surface area contributed by atoms with Crippen LogP contribution in [0.5, 0.6) is 5.75 Å². The van der Waals surface area contributed by atoms with Crippen molar-refractivity contribution in [1.82, 2.24) is 9.97 Å². The molecule has 0 bridgehead atoms. The van der Waals surface area contributed by atoms with Crippen LogP contribution in [0, 0.1) is 13.8 Å². The van der Waals surface area contributed by atoms with Gasteiger partial charge in [-0.15, -0.1) is 6.58 Å². The number of carbonyl (C=O) groups excluding carboxylic acids is 1. The molecule has 0 aliphatic rings. The summed E-state index contributed by atoms with van der Waals surface area (Å²) in [6.45, 7) is 7.91. The number of nitrogens with one attached hydrogen (secondary N) is 2. The first kappa shape index (κ1) is 16.5. The highest BCUT2D eigenvalue weighted by Crippen LogP contribution is 2.25. The van der Waals surface area contributed by atoms with E-state index in [0.29, 0.717) is 29.6 Å². The lowest BCUT2D eigenvalue weighted by Gasteiger charge is -2.11. The Morgan fingerprint density at radius 3 is 2.78 bits per heavy atom. The number of nitrogens with zero attached hydrogens (tertiary/aromatic N) is 2. The highest BCUT2D eigenvalue weighted by atomic mass is 16.5. The van der Waals surface area contributed by atoms with Gasteiger partial charge in [-0.3, -0.25) is 4.79 Å². The Balaban J connectivity index is 2.25. The van der Waals surface area contributed by atoms with Crippen LogP contribution in [0.25, 0.3) is 0 Å². The van der Waals surface area contributed by atoms with Crippen molar-refractivity contribution in [3.05, 3.63) is 53.9 Å². The zero-order valence-electron chi connectivity index (χ0n) is 13.5. The first-order chi connectivity index (χ1) is 11.0. The summed E-state index contributed by atoms with van der Waals surface area (Å²) in [6, 6.07) is 7.21. The number of ether oxygens (including phenoxy) is 1. The largest absolute Gasteiger partial charge is 0.495 e. The minimum absolute atomic E-state index is 0.285. The second kappa shape index (κ2) is 7.40. The fourth-order valence-corrected chi connectivity index (χ4v) is 2.03. The molecule has 0 fully saturated rings. The monoisotopic (exact) mass is 312 g/mol. The maximum absolute atomic E-state index is 12.5. The lowest BCUT2D eigenvalue weighted by Crippen LogP contribution is -2.16. The van der Waals surface area contributed by atoms with Crippen LogP contribution in [0.15, 0.2) is 36.9 Å². The Morgan fingerprint density at radius 1 is 1.30 bits per heavy atom. The van der Waals surface area contributed by atoms with Gasteiger partial charge in [0.25, 0.3) is 5.91 Å². The molecule has 0 spiro atoms. The average molecular weight is 312 g/mol. The van der Waals surface area contributed by atoms with Crippen molar-refractivity contribution in [2.45, 2.75) is 13.8 Å². The standard InChI is InChI=1S/C17H20N4O2/c1-5-8-18-17-19-12(3)10-14(21-17)16(22)20-13-9-11(2)6-7-15(13)23-4/h5-7,9-10H,1,8H2,2-4H3,(H,20,22)(H,18,19,21). The van der Waals surface area contributed by atoms with E-state index >= 15 is 0 Å². The topological polar surface area (TPSA) is 76.1 Å². The molecule has 0 aliphatic carbocycles. The number of hydrogen-bond donors (Lipinski definition) is 2. The molecule has 1 amide bonds. The summed E-state index contributed by atoms with van der Waals surface area (Å²) < 4.78 is 5.27. The first-order valence-electron chi connectivity index (χ1n) is 7.20. The number of hydrogen-bond acceptors (Lipinski definition) is 5. The van der Waals surface area contributed by atoms with Gasteiger partial charge in [0.05, 0.1) is 12.8 Å². The number of carbonyl (C=O) groups is 1. The molecule has 0 radical (unpaired) electrons. The van der Waals surface area contributed by atoms with E-state index in [4.69, 9.17) is 4.74 Å².